The standard InChI is InChI=1S/C21H19ClN2O3S2/c1-2-3-12-27-15-10-8-14(9-11-15)13-18-20(26)24(21(28)29-18)23-19(25)16-6-4-5-7-17(16)22/h4-11,13H,2-3,12H2,1H3,(H,23,25)/b18-13-. The lowest BCUT2D eigenvalue weighted by Gasteiger charge is -2.16. The molecule has 8 heteroatoms. The number of carbonyl (C=O) groups excluding carboxylic acids is 2. The third kappa shape index (κ3) is 5.38. The quantitative estimate of drug-likeness (QED) is 0.365. The highest BCUT2D eigenvalue weighted by Gasteiger charge is 2.34. The van der Waals surface area contributed by atoms with Gasteiger partial charge in [0.2, 0.25) is 0 Å². The normalized spacial score (nSPS) is 15.1. The minimum absolute atomic E-state index is 0.251. The number of unbranched alkanes of at least 4 members (excludes halogenated alkanes) is 1. The zero-order chi connectivity index (χ0) is 20.8. The van der Waals surface area contributed by atoms with Gasteiger partial charge in [0.15, 0.2) is 4.32 Å². The molecule has 0 bridgehead atoms. The number of amides is 2. The summed E-state index contributed by atoms with van der Waals surface area (Å²) < 4.78 is 5.89. The summed E-state index contributed by atoms with van der Waals surface area (Å²) >= 11 is 12.4. The summed E-state index contributed by atoms with van der Waals surface area (Å²) in [5.74, 6) is -0.0967. The van der Waals surface area contributed by atoms with E-state index < -0.39 is 5.91 Å². The van der Waals surface area contributed by atoms with Crippen molar-refractivity contribution in [1.29, 1.82) is 0 Å². The molecule has 1 aliphatic rings. The molecule has 0 radical (unpaired) electrons. The summed E-state index contributed by atoms with van der Waals surface area (Å²) in [5, 5.41) is 1.37. The molecule has 0 spiro atoms. The van der Waals surface area contributed by atoms with Crippen molar-refractivity contribution in [3.05, 3.63) is 69.6 Å². The van der Waals surface area contributed by atoms with Gasteiger partial charge in [0.05, 0.1) is 22.1 Å². The Morgan fingerprint density at radius 1 is 1.24 bits per heavy atom. The zero-order valence-corrected chi connectivity index (χ0v) is 18.1. The van der Waals surface area contributed by atoms with Crippen LogP contribution in [-0.2, 0) is 4.79 Å². The van der Waals surface area contributed by atoms with Crippen molar-refractivity contribution in [2.45, 2.75) is 19.8 Å². The summed E-state index contributed by atoms with van der Waals surface area (Å²) in [5.41, 5.74) is 3.63. The topological polar surface area (TPSA) is 58.6 Å². The van der Waals surface area contributed by atoms with Crippen LogP contribution in [0.4, 0.5) is 0 Å². The Kier molecular flexibility index (Phi) is 7.30. The maximum atomic E-state index is 12.7. The highest BCUT2D eigenvalue weighted by atomic mass is 35.5. The van der Waals surface area contributed by atoms with Gasteiger partial charge in [-0.3, -0.25) is 15.0 Å². The molecule has 1 N–H and O–H groups in total. The predicted molar refractivity (Wildman–Crippen MR) is 121 cm³/mol. The van der Waals surface area contributed by atoms with E-state index in [9.17, 15) is 9.59 Å². The number of halogens is 1. The Balaban J connectivity index is 1.68. The van der Waals surface area contributed by atoms with Crippen LogP contribution in [0.25, 0.3) is 6.08 Å². The van der Waals surface area contributed by atoms with E-state index in [0.717, 1.165) is 40.9 Å². The first kappa shape index (κ1) is 21.4. The van der Waals surface area contributed by atoms with Gasteiger partial charge in [-0.1, -0.05) is 61.0 Å². The van der Waals surface area contributed by atoms with Crippen molar-refractivity contribution in [2.75, 3.05) is 6.61 Å². The molecule has 0 unspecified atom stereocenters. The second-order valence-electron chi connectivity index (χ2n) is 6.21. The number of thioether (sulfide) groups is 1. The lowest BCUT2D eigenvalue weighted by atomic mass is 10.2. The number of nitrogens with one attached hydrogen (secondary N) is 1. The second kappa shape index (κ2) is 9.91. The van der Waals surface area contributed by atoms with Gasteiger partial charge in [0.25, 0.3) is 11.8 Å². The van der Waals surface area contributed by atoms with Crippen LogP contribution in [0.2, 0.25) is 5.02 Å². The van der Waals surface area contributed by atoms with Crippen molar-refractivity contribution in [3.63, 3.8) is 0 Å². The van der Waals surface area contributed by atoms with Crippen molar-refractivity contribution in [3.8, 4) is 5.75 Å². The molecule has 29 heavy (non-hydrogen) atoms. The molecule has 0 aliphatic carbocycles. The molecule has 0 atom stereocenters. The summed E-state index contributed by atoms with van der Waals surface area (Å²) in [4.78, 5) is 25.5. The first-order valence-corrected chi connectivity index (χ1v) is 10.7. The molecule has 1 aliphatic heterocycles. The molecular formula is C21H19ClN2O3S2. The number of benzene rings is 2. The van der Waals surface area contributed by atoms with Crippen LogP contribution >= 0.6 is 35.6 Å². The summed E-state index contributed by atoms with van der Waals surface area (Å²) in [7, 11) is 0. The number of nitrogens with zero attached hydrogens (tertiary/aromatic N) is 1. The number of ether oxygens (including phenoxy) is 1. The third-order valence-electron chi connectivity index (χ3n) is 4.07. The smallest absolute Gasteiger partial charge is 0.285 e. The molecule has 1 heterocycles. The van der Waals surface area contributed by atoms with Gasteiger partial charge in [0, 0.05) is 0 Å². The number of hydrogen-bond donors (Lipinski definition) is 1. The SMILES string of the molecule is CCCCOc1ccc(/C=C2\SC(=S)N(NC(=O)c3ccccc3Cl)C2=O)cc1. The highest BCUT2D eigenvalue weighted by molar-refractivity contribution is 8.26. The monoisotopic (exact) mass is 446 g/mol. The minimum atomic E-state index is -0.498. The second-order valence-corrected chi connectivity index (χ2v) is 8.29. The van der Waals surface area contributed by atoms with E-state index in [-0.39, 0.29) is 15.8 Å². The molecule has 3 rings (SSSR count). The molecule has 5 nitrogen and oxygen atoms in total. The van der Waals surface area contributed by atoms with Crippen molar-refractivity contribution in [2.24, 2.45) is 0 Å². The molecule has 1 fully saturated rings. The molecule has 2 amide bonds. The average Bonchev–Trinajstić information content (AvgIpc) is 2.97. The van der Waals surface area contributed by atoms with Crippen LogP contribution in [0.3, 0.4) is 0 Å². The van der Waals surface area contributed by atoms with Gasteiger partial charge < -0.3 is 4.74 Å². The zero-order valence-electron chi connectivity index (χ0n) is 15.7. The van der Waals surface area contributed by atoms with Crippen molar-refractivity contribution < 1.29 is 14.3 Å². The number of hydrogen-bond acceptors (Lipinski definition) is 5. The van der Waals surface area contributed by atoms with Gasteiger partial charge >= 0.3 is 0 Å². The number of hydrazine groups is 1. The third-order valence-corrected chi connectivity index (χ3v) is 5.70. The van der Waals surface area contributed by atoms with Crippen LogP contribution in [-0.4, -0.2) is 27.8 Å². The van der Waals surface area contributed by atoms with E-state index in [4.69, 9.17) is 28.6 Å². The fourth-order valence-corrected chi connectivity index (χ4v) is 3.92. The van der Waals surface area contributed by atoms with Crippen LogP contribution in [0.15, 0.2) is 53.4 Å². The van der Waals surface area contributed by atoms with Crippen LogP contribution < -0.4 is 10.2 Å². The van der Waals surface area contributed by atoms with E-state index in [1.54, 1.807) is 30.3 Å². The molecule has 2 aromatic carbocycles. The molecule has 2 aromatic rings. The average molecular weight is 447 g/mol. The van der Waals surface area contributed by atoms with E-state index in [1.807, 2.05) is 24.3 Å². The Bertz CT molecular complexity index is 961. The van der Waals surface area contributed by atoms with Crippen LogP contribution in [0.5, 0.6) is 5.75 Å². The number of thiocarbonyl (C=S) groups is 1. The predicted octanol–water partition coefficient (Wildman–Crippen LogP) is 5.07. The maximum Gasteiger partial charge on any atom is 0.285 e. The van der Waals surface area contributed by atoms with Gasteiger partial charge in [0.1, 0.15) is 5.75 Å². The first-order valence-electron chi connectivity index (χ1n) is 9.06. The Hall–Kier alpha value is -2.35. The van der Waals surface area contributed by atoms with Crippen molar-refractivity contribution >= 4 is 57.8 Å². The molecular weight excluding hydrogens is 428 g/mol. The van der Waals surface area contributed by atoms with Gasteiger partial charge in [-0.2, -0.15) is 5.01 Å². The summed E-state index contributed by atoms with van der Waals surface area (Å²) in [6.07, 6.45) is 3.81. The van der Waals surface area contributed by atoms with Crippen LogP contribution in [0, 0.1) is 0 Å². The summed E-state index contributed by atoms with van der Waals surface area (Å²) in [6, 6.07) is 14.1. The van der Waals surface area contributed by atoms with E-state index in [2.05, 4.69) is 12.3 Å². The Labute approximate surface area is 184 Å². The van der Waals surface area contributed by atoms with E-state index in [1.165, 1.54) is 0 Å². The lowest BCUT2D eigenvalue weighted by molar-refractivity contribution is -0.123. The van der Waals surface area contributed by atoms with E-state index in [0.29, 0.717) is 16.5 Å². The molecule has 0 aromatic heterocycles. The maximum absolute atomic E-state index is 12.7. The largest absolute Gasteiger partial charge is 0.494 e. The fourth-order valence-electron chi connectivity index (χ4n) is 2.52. The Morgan fingerprint density at radius 3 is 2.66 bits per heavy atom. The highest BCUT2D eigenvalue weighted by Crippen LogP contribution is 2.32. The first-order chi connectivity index (χ1) is 14.0. The molecule has 150 valence electrons. The van der Waals surface area contributed by atoms with Crippen LogP contribution in [0.1, 0.15) is 35.7 Å². The minimum Gasteiger partial charge on any atom is -0.494 e. The Morgan fingerprint density at radius 2 is 1.97 bits per heavy atom. The van der Waals surface area contributed by atoms with Gasteiger partial charge in [-0.15, -0.1) is 0 Å². The fraction of sp³-hybridized carbons (Fsp3) is 0.190. The van der Waals surface area contributed by atoms with Gasteiger partial charge in [-0.25, -0.2) is 0 Å². The van der Waals surface area contributed by atoms with Gasteiger partial charge in [-0.05, 0) is 54.5 Å². The molecule has 1 saturated heterocycles. The summed E-state index contributed by atoms with van der Waals surface area (Å²) in [6.45, 7) is 2.79. The van der Waals surface area contributed by atoms with E-state index >= 15 is 0 Å². The number of rotatable bonds is 7. The lowest BCUT2D eigenvalue weighted by Crippen LogP contribution is -2.44. The number of carbonyl (C=O) groups is 2. The molecule has 0 saturated carbocycles. The van der Waals surface area contributed by atoms with Crippen molar-refractivity contribution in [1.82, 2.24) is 10.4 Å².